The first-order valence-corrected chi connectivity index (χ1v) is 8.38. The quantitative estimate of drug-likeness (QED) is 0.615. The number of hydrogen-bond acceptors (Lipinski definition) is 4. The summed E-state index contributed by atoms with van der Waals surface area (Å²) >= 11 is 0. The van der Waals surface area contributed by atoms with Crippen LogP contribution in [-0.4, -0.2) is 26.3 Å². The van der Waals surface area contributed by atoms with Crippen LogP contribution in [0.5, 0.6) is 11.5 Å². The number of methoxy groups -OCH3 is 1. The van der Waals surface area contributed by atoms with Gasteiger partial charge in [0.2, 0.25) is 0 Å². The Hall–Kier alpha value is -3.28. The van der Waals surface area contributed by atoms with E-state index in [4.69, 9.17) is 4.74 Å². The Bertz CT molecular complexity index is 1160. The van der Waals surface area contributed by atoms with Crippen LogP contribution in [0.4, 0.5) is 0 Å². The fourth-order valence-electron chi connectivity index (χ4n) is 3.29. The molecular weight excluding hydrogens is 330 g/mol. The molecule has 132 valence electrons. The molecule has 0 aliphatic carbocycles. The van der Waals surface area contributed by atoms with Gasteiger partial charge in [0.25, 0.3) is 5.56 Å². The number of aromatic hydroxyl groups is 1. The molecule has 0 atom stereocenters. The van der Waals surface area contributed by atoms with Crippen LogP contribution in [0.15, 0.2) is 53.6 Å². The maximum absolute atomic E-state index is 13.0. The zero-order valence-corrected chi connectivity index (χ0v) is 14.6. The summed E-state index contributed by atoms with van der Waals surface area (Å²) in [6.45, 7) is 0.525. The number of hydrogen-bond donors (Lipinski definition) is 1. The van der Waals surface area contributed by atoms with Crippen molar-refractivity contribution in [3.8, 4) is 11.5 Å². The van der Waals surface area contributed by atoms with Gasteiger partial charge in [0.05, 0.1) is 19.0 Å². The largest absolute Gasteiger partial charge is 0.508 e. The summed E-state index contributed by atoms with van der Waals surface area (Å²) in [5.74, 6) is 0.975. The summed E-state index contributed by atoms with van der Waals surface area (Å²) in [6.07, 6.45) is 2.29. The van der Waals surface area contributed by atoms with Crippen molar-refractivity contribution in [1.29, 1.82) is 0 Å². The minimum atomic E-state index is -0.0635. The van der Waals surface area contributed by atoms with Crippen molar-refractivity contribution in [2.45, 2.75) is 13.0 Å². The topological polar surface area (TPSA) is 69.3 Å². The summed E-state index contributed by atoms with van der Waals surface area (Å²) in [7, 11) is 3.50. The summed E-state index contributed by atoms with van der Waals surface area (Å²) in [5, 5.41) is 10.3. The van der Waals surface area contributed by atoms with Crippen LogP contribution in [0.25, 0.3) is 21.9 Å². The zero-order valence-electron chi connectivity index (χ0n) is 14.6. The van der Waals surface area contributed by atoms with Gasteiger partial charge in [-0.1, -0.05) is 12.1 Å². The van der Waals surface area contributed by atoms with E-state index < -0.39 is 0 Å². The average Bonchev–Trinajstić information content (AvgIpc) is 2.95. The van der Waals surface area contributed by atoms with Gasteiger partial charge in [-0.3, -0.25) is 9.36 Å². The second kappa shape index (κ2) is 6.22. The number of benzene rings is 2. The lowest BCUT2D eigenvalue weighted by atomic mass is 10.1. The third-order valence-electron chi connectivity index (χ3n) is 4.75. The molecule has 0 aliphatic rings. The lowest BCUT2D eigenvalue weighted by molar-refractivity contribution is 0.415. The Balaban J connectivity index is 1.77. The fraction of sp³-hybridized carbons (Fsp3) is 0.200. The first kappa shape index (κ1) is 16.2. The number of fused-ring (bicyclic) bond motifs is 3. The second-order valence-electron chi connectivity index (χ2n) is 6.30. The molecule has 0 saturated carbocycles. The highest BCUT2D eigenvalue weighted by Crippen LogP contribution is 2.27. The molecule has 0 fully saturated rings. The molecule has 0 radical (unpaired) electrons. The van der Waals surface area contributed by atoms with Gasteiger partial charge in [-0.2, -0.15) is 0 Å². The van der Waals surface area contributed by atoms with E-state index in [1.165, 1.54) is 0 Å². The Morgan fingerprint density at radius 1 is 1.15 bits per heavy atom. The maximum Gasteiger partial charge on any atom is 0.277 e. The Kier molecular flexibility index (Phi) is 3.88. The third-order valence-corrected chi connectivity index (χ3v) is 4.75. The highest BCUT2D eigenvalue weighted by Gasteiger charge is 2.15. The zero-order chi connectivity index (χ0) is 18.3. The van der Waals surface area contributed by atoms with Gasteiger partial charge in [0.1, 0.15) is 22.5 Å². The van der Waals surface area contributed by atoms with E-state index in [-0.39, 0.29) is 11.3 Å². The summed E-state index contributed by atoms with van der Waals surface area (Å²) < 4.78 is 8.81. The van der Waals surface area contributed by atoms with E-state index in [1.807, 2.05) is 41.9 Å². The van der Waals surface area contributed by atoms with E-state index in [2.05, 4.69) is 4.98 Å². The number of aromatic nitrogens is 3. The molecule has 0 bridgehead atoms. The molecule has 0 unspecified atom stereocenters. The van der Waals surface area contributed by atoms with E-state index in [1.54, 1.807) is 30.1 Å². The fourth-order valence-corrected chi connectivity index (χ4v) is 3.29. The maximum atomic E-state index is 13.0. The highest BCUT2D eigenvalue weighted by atomic mass is 16.5. The van der Waals surface area contributed by atoms with Crippen LogP contribution in [0, 0.1) is 0 Å². The molecule has 2 heterocycles. The smallest absolute Gasteiger partial charge is 0.277 e. The molecule has 0 spiro atoms. The van der Waals surface area contributed by atoms with E-state index in [0.717, 1.165) is 22.2 Å². The van der Waals surface area contributed by atoms with Gasteiger partial charge >= 0.3 is 0 Å². The molecule has 0 aliphatic heterocycles. The minimum Gasteiger partial charge on any atom is -0.508 e. The van der Waals surface area contributed by atoms with Gasteiger partial charge in [-0.25, -0.2) is 4.98 Å². The third kappa shape index (κ3) is 2.60. The predicted molar refractivity (Wildman–Crippen MR) is 101 cm³/mol. The lowest BCUT2D eigenvalue weighted by Crippen LogP contribution is -2.22. The number of phenolic OH excluding ortho intramolecular Hbond substituents is 1. The van der Waals surface area contributed by atoms with Gasteiger partial charge in [-0.05, 0) is 42.3 Å². The number of rotatable bonds is 4. The van der Waals surface area contributed by atoms with Crippen molar-refractivity contribution in [3.63, 3.8) is 0 Å². The van der Waals surface area contributed by atoms with Crippen LogP contribution in [0.1, 0.15) is 5.56 Å². The standard InChI is InChI=1S/C20H19N3O3/c1-22-17-8-7-15(26-2)11-16(17)18-19(22)20(25)23(12-21-18)10-9-13-3-5-14(24)6-4-13/h3-8,11-12,24H,9-10H2,1-2H3. The number of nitrogens with zero attached hydrogens (tertiary/aromatic N) is 3. The molecule has 2 aromatic carbocycles. The highest BCUT2D eigenvalue weighted by molar-refractivity contribution is 6.05. The second-order valence-corrected chi connectivity index (χ2v) is 6.30. The van der Waals surface area contributed by atoms with Crippen LogP contribution in [0.2, 0.25) is 0 Å². The van der Waals surface area contributed by atoms with Crippen molar-refractivity contribution in [2.75, 3.05) is 7.11 Å². The average molecular weight is 349 g/mol. The van der Waals surface area contributed by atoms with Crippen molar-refractivity contribution < 1.29 is 9.84 Å². The Labute approximate surface area is 149 Å². The van der Waals surface area contributed by atoms with E-state index in [9.17, 15) is 9.90 Å². The van der Waals surface area contributed by atoms with Crippen LogP contribution < -0.4 is 10.3 Å². The number of aryl methyl sites for hydroxylation is 3. The van der Waals surface area contributed by atoms with Crippen LogP contribution >= 0.6 is 0 Å². The van der Waals surface area contributed by atoms with Crippen molar-refractivity contribution in [3.05, 3.63) is 64.7 Å². The Morgan fingerprint density at radius 2 is 1.92 bits per heavy atom. The van der Waals surface area contributed by atoms with E-state index >= 15 is 0 Å². The molecule has 2 aromatic heterocycles. The first-order valence-electron chi connectivity index (χ1n) is 8.38. The van der Waals surface area contributed by atoms with Crippen LogP contribution in [0.3, 0.4) is 0 Å². The molecule has 26 heavy (non-hydrogen) atoms. The van der Waals surface area contributed by atoms with Gasteiger partial charge < -0.3 is 14.4 Å². The van der Waals surface area contributed by atoms with Gasteiger partial charge in [0, 0.05) is 19.0 Å². The Morgan fingerprint density at radius 3 is 2.65 bits per heavy atom. The van der Waals surface area contributed by atoms with Gasteiger partial charge in [-0.15, -0.1) is 0 Å². The van der Waals surface area contributed by atoms with E-state index in [0.29, 0.717) is 24.0 Å². The molecule has 0 amide bonds. The molecule has 6 nitrogen and oxygen atoms in total. The van der Waals surface area contributed by atoms with Gasteiger partial charge in [0.15, 0.2) is 0 Å². The monoisotopic (exact) mass is 349 g/mol. The predicted octanol–water partition coefficient (Wildman–Crippen LogP) is 2.85. The molecule has 0 saturated heterocycles. The number of ether oxygens (including phenoxy) is 1. The van der Waals surface area contributed by atoms with Crippen molar-refractivity contribution >= 4 is 21.9 Å². The lowest BCUT2D eigenvalue weighted by Gasteiger charge is -2.06. The molecule has 1 N–H and O–H groups in total. The summed E-state index contributed by atoms with van der Waals surface area (Å²) in [4.78, 5) is 17.5. The molecule has 4 aromatic rings. The van der Waals surface area contributed by atoms with Crippen LogP contribution in [-0.2, 0) is 20.0 Å². The first-order chi connectivity index (χ1) is 12.6. The number of phenols is 1. The molecule has 4 rings (SSSR count). The molecule has 6 heteroatoms. The van der Waals surface area contributed by atoms with Crippen molar-refractivity contribution in [2.24, 2.45) is 7.05 Å². The molecular formula is C20H19N3O3. The summed E-state index contributed by atoms with van der Waals surface area (Å²) in [5.41, 5.74) is 3.21. The van der Waals surface area contributed by atoms with Crippen molar-refractivity contribution in [1.82, 2.24) is 14.1 Å². The normalized spacial score (nSPS) is 11.3. The minimum absolute atomic E-state index is 0.0635. The SMILES string of the molecule is COc1ccc2c(c1)c1ncn(CCc3ccc(O)cc3)c(=O)c1n2C. The summed E-state index contributed by atoms with van der Waals surface area (Å²) in [6, 6.07) is 12.7.